The van der Waals surface area contributed by atoms with Crippen molar-refractivity contribution in [2.24, 2.45) is 7.05 Å². The Hall–Kier alpha value is -0.780. The number of rotatable bonds is 5. The molecule has 2 rings (SSSR count). The monoisotopic (exact) mass is 322 g/mol. The molecule has 5 nitrogen and oxygen atoms in total. The van der Waals surface area contributed by atoms with Crippen molar-refractivity contribution in [3.05, 3.63) is 18.0 Å². The molecule has 7 heteroatoms. The highest BCUT2D eigenvalue weighted by Gasteiger charge is 2.17. The van der Waals surface area contributed by atoms with Gasteiger partial charge in [-0.3, -0.25) is 9.48 Å². The predicted molar refractivity (Wildman–Crippen MR) is 84.4 cm³/mol. The lowest BCUT2D eigenvalue weighted by Gasteiger charge is -2.17. The highest BCUT2D eigenvalue weighted by molar-refractivity contribution is 5.85. The van der Waals surface area contributed by atoms with Gasteiger partial charge in [-0.25, -0.2) is 0 Å². The molecule has 1 amide bonds. The number of hydrogen-bond donors (Lipinski definition) is 1. The van der Waals surface area contributed by atoms with E-state index in [4.69, 9.17) is 0 Å². The Morgan fingerprint density at radius 2 is 2.30 bits per heavy atom. The Morgan fingerprint density at radius 3 is 2.85 bits per heavy atom. The van der Waals surface area contributed by atoms with Crippen LogP contribution >= 0.6 is 24.8 Å². The maximum atomic E-state index is 12.0. The number of nitrogens with one attached hydrogen (secondary N) is 1. The van der Waals surface area contributed by atoms with Crippen LogP contribution in [0.3, 0.4) is 0 Å². The summed E-state index contributed by atoms with van der Waals surface area (Å²) in [6.45, 7) is 1.75. The maximum absolute atomic E-state index is 12.0. The van der Waals surface area contributed by atoms with Gasteiger partial charge < -0.3 is 10.2 Å². The molecule has 1 aliphatic heterocycles. The number of amides is 1. The first-order chi connectivity index (χ1) is 8.65. The Balaban J connectivity index is 0.00000180. The molecule has 1 aromatic rings. The highest BCUT2D eigenvalue weighted by Crippen LogP contribution is 2.12. The van der Waals surface area contributed by atoms with E-state index in [2.05, 4.69) is 10.4 Å². The first kappa shape index (κ1) is 19.2. The molecule has 1 aliphatic rings. The Kier molecular flexibility index (Phi) is 8.85. The third-order valence-corrected chi connectivity index (χ3v) is 3.47. The lowest BCUT2D eigenvalue weighted by atomic mass is 10.1. The van der Waals surface area contributed by atoms with Crippen LogP contribution in [0.25, 0.3) is 0 Å². The van der Waals surface area contributed by atoms with Gasteiger partial charge in [-0.1, -0.05) is 0 Å². The Bertz CT molecular complexity index is 405. The predicted octanol–water partition coefficient (Wildman–Crippen LogP) is 1.75. The van der Waals surface area contributed by atoms with Crippen LogP contribution in [0.2, 0.25) is 0 Å². The van der Waals surface area contributed by atoms with Crippen LogP contribution in [0, 0.1) is 0 Å². The van der Waals surface area contributed by atoms with E-state index >= 15 is 0 Å². The number of nitrogens with zero attached hydrogens (tertiary/aromatic N) is 3. The van der Waals surface area contributed by atoms with E-state index in [9.17, 15) is 4.79 Å². The fourth-order valence-corrected chi connectivity index (χ4v) is 2.41. The van der Waals surface area contributed by atoms with Gasteiger partial charge in [-0.15, -0.1) is 24.8 Å². The fourth-order valence-electron chi connectivity index (χ4n) is 2.41. The van der Waals surface area contributed by atoms with Gasteiger partial charge >= 0.3 is 0 Å². The molecule has 1 fully saturated rings. The third-order valence-electron chi connectivity index (χ3n) is 3.47. The number of aromatic nitrogens is 2. The number of halogens is 2. The van der Waals surface area contributed by atoms with Crippen molar-refractivity contribution >= 4 is 30.7 Å². The second-order valence-corrected chi connectivity index (χ2v) is 5.10. The van der Waals surface area contributed by atoms with Crippen molar-refractivity contribution < 1.29 is 4.79 Å². The number of aryl methyl sites for hydroxylation is 1. The topological polar surface area (TPSA) is 50.2 Å². The summed E-state index contributed by atoms with van der Waals surface area (Å²) >= 11 is 0. The summed E-state index contributed by atoms with van der Waals surface area (Å²) in [4.78, 5) is 13.8. The molecule has 1 unspecified atom stereocenters. The van der Waals surface area contributed by atoms with E-state index in [1.165, 1.54) is 12.8 Å². The SMILES string of the molecule is CN(Cc1cnn(C)c1)C(=O)CCC1CCCN1.Cl.Cl. The summed E-state index contributed by atoms with van der Waals surface area (Å²) < 4.78 is 1.76. The van der Waals surface area contributed by atoms with Gasteiger partial charge in [0.05, 0.1) is 6.20 Å². The van der Waals surface area contributed by atoms with E-state index in [-0.39, 0.29) is 30.7 Å². The first-order valence-corrected chi connectivity index (χ1v) is 6.60. The van der Waals surface area contributed by atoms with Gasteiger partial charge in [0.2, 0.25) is 5.91 Å². The average Bonchev–Trinajstić information content (AvgIpc) is 2.97. The van der Waals surface area contributed by atoms with Crippen LogP contribution in [0.4, 0.5) is 0 Å². The van der Waals surface area contributed by atoms with Crippen LogP contribution < -0.4 is 5.32 Å². The smallest absolute Gasteiger partial charge is 0.222 e. The van der Waals surface area contributed by atoms with E-state index in [1.807, 2.05) is 26.5 Å². The summed E-state index contributed by atoms with van der Waals surface area (Å²) in [6, 6.07) is 0.542. The molecular weight excluding hydrogens is 299 g/mol. The summed E-state index contributed by atoms with van der Waals surface area (Å²) in [5.74, 6) is 0.215. The molecule has 0 spiro atoms. The molecule has 0 saturated carbocycles. The molecule has 2 heterocycles. The summed E-state index contributed by atoms with van der Waals surface area (Å²) in [5, 5.41) is 7.53. The van der Waals surface area contributed by atoms with Crippen LogP contribution in [0.1, 0.15) is 31.2 Å². The summed E-state index contributed by atoms with van der Waals surface area (Å²) in [5.41, 5.74) is 1.08. The molecule has 0 bridgehead atoms. The standard InChI is InChI=1S/C13H22N4O.2ClH/c1-16(9-11-8-15-17(2)10-11)13(18)6-5-12-4-3-7-14-12;;/h8,10,12,14H,3-7,9H2,1-2H3;2*1H. The molecular formula is C13H24Cl2N4O. The highest BCUT2D eigenvalue weighted by atomic mass is 35.5. The van der Waals surface area contributed by atoms with Crippen molar-refractivity contribution in [3.63, 3.8) is 0 Å². The van der Waals surface area contributed by atoms with Crippen molar-refractivity contribution in [1.82, 2.24) is 20.0 Å². The van der Waals surface area contributed by atoms with Gasteiger partial charge in [0.25, 0.3) is 0 Å². The van der Waals surface area contributed by atoms with Crippen LogP contribution in [-0.4, -0.2) is 40.2 Å². The zero-order chi connectivity index (χ0) is 13.0. The second kappa shape index (κ2) is 9.21. The van der Waals surface area contributed by atoms with E-state index in [0.29, 0.717) is 19.0 Å². The van der Waals surface area contributed by atoms with E-state index < -0.39 is 0 Å². The number of carbonyl (C=O) groups excluding carboxylic acids is 1. The summed E-state index contributed by atoms with van der Waals surface area (Å²) in [6.07, 6.45) is 7.79. The van der Waals surface area contributed by atoms with Crippen LogP contribution in [0.5, 0.6) is 0 Å². The minimum atomic E-state index is 0. The first-order valence-electron chi connectivity index (χ1n) is 6.60. The van der Waals surface area contributed by atoms with Gasteiger partial charge in [0, 0.05) is 44.9 Å². The molecule has 0 aromatic carbocycles. The van der Waals surface area contributed by atoms with Crippen molar-refractivity contribution in [1.29, 1.82) is 0 Å². The molecule has 0 radical (unpaired) electrons. The molecule has 1 atom stereocenters. The minimum Gasteiger partial charge on any atom is -0.341 e. The van der Waals surface area contributed by atoms with Crippen LogP contribution in [-0.2, 0) is 18.4 Å². The average molecular weight is 323 g/mol. The lowest BCUT2D eigenvalue weighted by Crippen LogP contribution is -2.29. The molecule has 116 valence electrons. The second-order valence-electron chi connectivity index (χ2n) is 5.10. The van der Waals surface area contributed by atoms with Gasteiger partial charge in [0.15, 0.2) is 0 Å². The van der Waals surface area contributed by atoms with Crippen molar-refractivity contribution in [2.75, 3.05) is 13.6 Å². The fraction of sp³-hybridized carbons (Fsp3) is 0.692. The van der Waals surface area contributed by atoms with E-state index in [0.717, 1.165) is 18.5 Å². The number of carbonyl (C=O) groups is 1. The lowest BCUT2D eigenvalue weighted by molar-refractivity contribution is -0.130. The minimum absolute atomic E-state index is 0. The molecule has 1 aromatic heterocycles. The van der Waals surface area contributed by atoms with Gasteiger partial charge in [-0.2, -0.15) is 5.10 Å². The van der Waals surface area contributed by atoms with Crippen molar-refractivity contribution in [2.45, 2.75) is 38.3 Å². The van der Waals surface area contributed by atoms with Gasteiger partial charge in [0.1, 0.15) is 0 Å². The zero-order valence-corrected chi connectivity index (χ0v) is 13.7. The summed E-state index contributed by atoms with van der Waals surface area (Å²) in [7, 11) is 3.74. The molecule has 1 saturated heterocycles. The quantitative estimate of drug-likeness (QED) is 0.898. The Morgan fingerprint density at radius 1 is 1.55 bits per heavy atom. The van der Waals surface area contributed by atoms with Crippen molar-refractivity contribution in [3.8, 4) is 0 Å². The third kappa shape index (κ3) is 5.69. The van der Waals surface area contributed by atoms with E-state index in [1.54, 1.807) is 9.58 Å². The van der Waals surface area contributed by atoms with Gasteiger partial charge in [-0.05, 0) is 25.8 Å². The zero-order valence-electron chi connectivity index (χ0n) is 12.0. The van der Waals surface area contributed by atoms with Crippen LogP contribution in [0.15, 0.2) is 12.4 Å². The number of hydrogen-bond acceptors (Lipinski definition) is 3. The Labute approximate surface area is 132 Å². The molecule has 20 heavy (non-hydrogen) atoms. The largest absolute Gasteiger partial charge is 0.341 e. The molecule has 0 aliphatic carbocycles. The normalized spacial score (nSPS) is 17.2. The maximum Gasteiger partial charge on any atom is 0.222 e. The molecule has 1 N–H and O–H groups in total.